The second-order valence-electron chi connectivity index (χ2n) is 3.83. The molecule has 2 fully saturated rings. The van der Waals surface area contributed by atoms with Crippen LogP contribution in [0.25, 0.3) is 0 Å². The van der Waals surface area contributed by atoms with Gasteiger partial charge in [0.25, 0.3) is 0 Å². The van der Waals surface area contributed by atoms with E-state index in [2.05, 4.69) is 10.6 Å². The van der Waals surface area contributed by atoms with Crippen LogP contribution in [0.1, 0.15) is 32.1 Å². The van der Waals surface area contributed by atoms with Crippen LogP contribution in [0, 0.1) is 0 Å². The Hall–Kier alpha value is -0.570. The predicted molar refractivity (Wildman–Crippen MR) is 46.8 cm³/mol. The zero-order valence-corrected chi connectivity index (χ0v) is 7.31. The summed E-state index contributed by atoms with van der Waals surface area (Å²) in [5, 5.41) is 6.39. The molecule has 1 amide bonds. The Bertz CT molecular complexity index is 177. The molecular weight excluding hydrogens is 152 g/mol. The van der Waals surface area contributed by atoms with Gasteiger partial charge in [-0.3, -0.25) is 4.79 Å². The first-order valence-corrected chi connectivity index (χ1v) is 4.87. The van der Waals surface area contributed by atoms with Crippen LogP contribution in [0.4, 0.5) is 0 Å². The summed E-state index contributed by atoms with van der Waals surface area (Å²) in [6.07, 6.45) is 5.55. The molecule has 2 rings (SSSR count). The van der Waals surface area contributed by atoms with Gasteiger partial charge in [-0.15, -0.1) is 0 Å². The van der Waals surface area contributed by atoms with Crippen molar-refractivity contribution in [1.82, 2.24) is 10.6 Å². The molecule has 3 nitrogen and oxygen atoms in total. The van der Waals surface area contributed by atoms with E-state index < -0.39 is 0 Å². The van der Waals surface area contributed by atoms with E-state index in [1.165, 1.54) is 12.8 Å². The first-order chi connectivity index (χ1) is 5.84. The Kier molecular flexibility index (Phi) is 2.30. The topological polar surface area (TPSA) is 41.1 Å². The summed E-state index contributed by atoms with van der Waals surface area (Å²) in [7, 11) is 0. The smallest absolute Gasteiger partial charge is 0.221 e. The predicted octanol–water partition coefficient (Wildman–Crippen LogP) is 0.407. The quantitative estimate of drug-likeness (QED) is 0.627. The van der Waals surface area contributed by atoms with E-state index in [0.717, 1.165) is 25.4 Å². The Morgan fingerprint density at radius 2 is 2.08 bits per heavy atom. The van der Waals surface area contributed by atoms with Gasteiger partial charge in [0.2, 0.25) is 5.91 Å². The fourth-order valence-electron chi connectivity index (χ4n) is 1.70. The molecule has 0 radical (unpaired) electrons. The number of nitrogens with one attached hydrogen (secondary N) is 2. The highest BCUT2D eigenvalue weighted by Gasteiger charge is 2.26. The summed E-state index contributed by atoms with van der Waals surface area (Å²) in [5.41, 5.74) is 0. The van der Waals surface area contributed by atoms with Crippen LogP contribution in [0.5, 0.6) is 0 Å². The van der Waals surface area contributed by atoms with E-state index in [4.69, 9.17) is 0 Å². The summed E-state index contributed by atoms with van der Waals surface area (Å²) >= 11 is 0. The molecule has 1 aliphatic carbocycles. The Morgan fingerprint density at radius 1 is 1.25 bits per heavy atom. The molecule has 1 aliphatic heterocycles. The molecule has 12 heavy (non-hydrogen) atoms. The van der Waals surface area contributed by atoms with Gasteiger partial charge in [0, 0.05) is 25.0 Å². The van der Waals surface area contributed by atoms with Crippen LogP contribution in [-0.2, 0) is 4.79 Å². The van der Waals surface area contributed by atoms with Crippen LogP contribution in [0.2, 0.25) is 0 Å². The van der Waals surface area contributed by atoms with Crippen molar-refractivity contribution in [3.8, 4) is 0 Å². The van der Waals surface area contributed by atoms with E-state index in [-0.39, 0.29) is 5.91 Å². The zero-order chi connectivity index (χ0) is 8.39. The number of hydrogen-bond acceptors (Lipinski definition) is 2. The molecule has 68 valence electrons. The second kappa shape index (κ2) is 3.44. The highest BCUT2D eigenvalue weighted by molar-refractivity contribution is 5.76. The van der Waals surface area contributed by atoms with Crippen molar-refractivity contribution in [2.24, 2.45) is 0 Å². The number of amides is 1. The molecule has 1 saturated heterocycles. The molecule has 1 atom stereocenters. The summed E-state index contributed by atoms with van der Waals surface area (Å²) < 4.78 is 0. The van der Waals surface area contributed by atoms with Gasteiger partial charge >= 0.3 is 0 Å². The minimum Gasteiger partial charge on any atom is -0.356 e. The molecule has 0 aromatic heterocycles. The number of carbonyl (C=O) groups is 1. The molecule has 0 bridgehead atoms. The van der Waals surface area contributed by atoms with Gasteiger partial charge in [-0.1, -0.05) is 0 Å². The normalized spacial score (nSPS) is 31.0. The highest BCUT2D eigenvalue weighted by Crippen LogP contribution is 2.21. The van der Waals surface area contributed by atoms with Crippen LogP contribution in [0.3, 0.4) is 0 Å². The van der Waals surface area contributed by atoms with Gasteiger partial charge in [0.05, 0.1) is 0 Å². The van der Waals surface area contributed by atoms with Gasteiger partial charge in [0.15, 0.2) is 0 Å². The molecule has 2 N–H and O–H groups in total. The third-order valence-electron chi connectivity index (χ3n) is 2.53. The minimum atomic E-state index is 0.214. The van der Waals surface area contributed by atoms with Gasteiger partial charge in [0.1, 0.15) is 0 Å². The number of rotatable bonds is 2. The van der Waals surface area contributed by atoms with Gasteiger partial charge in [-0.05, 0) is 25.7 Å². The average Bonchev–Trinajstić information content (AvgIpc) is 2.80. The lowest BCUT2D eigenvalue weighted by molar-refractivity contribution is -0.121. The van der Waals surface area contributed by atoms with Crippen molar-refractivity contribution in [2.45, 2.75) is 44.2 Å². The highest BCUT2D eigenvalue weighted by atomic mass is 16.1. The van der Waals surface area contributed by atoms with Crippen molar-refractivity contribution in [2.75, 3.05) is 6.54 Å². The zero-order valence-electron chi connectivity index (χ0n) is 7.31. The molecule has 0 spiro atoms. The lowest BCUT2D eigenvalue weighted by atomic mass is 10.1. The van der Waals surface area contributed by atoms with E-state index >= 15 is 0 Å². The van der Waals surface area contributed by atoms with Gasteiger partial charge in [-0.2, -0.15) is 0 Å². The van der Waals surface area contributed by atoms with E-state index in [0.29, 0.717) is 12.5 Å². The number of carbonyl (C=O) groups excluding carboxylic acids is 1. The van der Waals surface area contributed by atoms with Crippen molar-refractivity contribution in [1.29, 1.82) is 0 Å². The molecule has 3 heteroatoms. The van der Waals surface area contributed by atoms with Crippen LogP contribution in [0.15, 0.2) is 0 Å². The Labute approximate surface area is 72.9 Å². The fraction of sp³-hybridized carbons (Fsp3) is 0.889. The summed E-state index contributed by atoms with van der Waals surface area (Å²) in [4.78, 5) is 11.1. The molecule has 1 heterocycles. The summed E-state index contributed by atoms with van der Waals surface area (Å²) in [6.45, 7) is 0.863. The van der Waals surface area contributed by atoms with E-state index in [1.54, 1.807) is 0 Å². The maximum atomic E-state index is 11.1. The molecule has 1 unspecified atom stereocenters. The SMILES string of the molecule is O=C1CC(NC2CC2)CCCN1. The second-order valence-corrected chi connectivity index (χ2v) is 3.83. The molecule has 0 aromatic rings. The third kappa shape index (κ3) is 2.21. The largest absolute Gasteiger partial charge is 0.356 e. The molecule has 0 aromatic carbocycles. The summed E-state index contributed by atoms with van der Waals surface area (Å²) in [6, 6.07) is 1.17. The molecular formula is C9H16N2O. The maximum Gasteiger partial charge on any atom is 0.221 e. The standard InChI is InChI=1S/C9H16N2O/c12-9-6-8(2-1-5-10-9)11-7-3-4-7/h7-8,11H,1-6H2,(H,10,12). The van der Waals surface area contributed by atoms with E-state index in [1.807, 2.05) is 0 Å². The average molecular weight is 168 g/mol. The van der Waals surface area contributed by atoms with Gasteiger partial charge in [-0.25, -0.2) is 0 Å². The van der Waals surface area contributed by atoms with Crippen LogP contribution >= 0.6 is 0 Å². The van der Waals surface area contributed by atoms with Gasteiger partial charge < -0.3 is 10.6 Å². The minimum absolute atomic E-state index is 0.214. The fourth-order valence-corrected chi connectivity index (χ4v) is 1.70. The van der Waals surface area contributed by atoms with Crippen molar-refractivity contribution in [3.63, 3.8) is 0 Å². The third-order valence-corrected chi connectivity index (χ3v) is 2.53. The monoisotopic (exact) mass is 168 g/mol. The van der Waals surface area contributed by atoms with Crippen molar-refractivity contribution in [3.05, 3.63) is 0 Å². The van der Waals surface area contributed by atoms with Crippen molar-refractivity contribution >= 4 is 5.91 Å². The Balaban J connectivity index is 1.81. The van der Waals surface area contributed by atoms with Crippen molar-refractivity contribution < 1.29 is 4.79 Å². The lowest BCUT2D eigenvalue weighted by Crippen LogP contribution is -2.33. The van der Waals surface area contributed by atoms with E-state index in [9.17, 15) is 4.79 Å². The first-order valence-electron chi connectivity index (χ1n) is 4.87. The van der Waals surface area contributed by atoms with Crippen LogP contribution < -0.4 is 10.6 Å². The lowest BCUT2D eigenvalue weighted by Gasteiger charge is -2.13. The maximum absolute atomic E-state index is 11.1. The summed E-state index contributed by atoms with van der Waals surface area (Å²) in [5.74, 6) is 0.214. The Morgan fingerprint density at radius 3 is 2.83 bits per heavy atom. The van der Waals surface area contributed by atoms with Crippen LogP contribution in [-0.4, -0.2) is 24.5 Å². The molecule has 1 saturated carbocycles. The first kappa shape index (κ1) is 8.05. The number of hydrogen-bond donors (Lipinski definition) is 2. The molecule has 2 aliphatic rings.